The largest absolute Gasteiger partial charge is 0.328 e. The van der Waals surface area contributed by atoms with Gasteiger partial charge in [-0.25, -0.2) is 0 Å². The summed E-state index contributed by atoms with van der Waals surface area (Å²) >= 11 is 0. The van der Waals surface area contributed by atoms with Gasteiger partial charge in [-0.2, -0.15) is 5.10 Å². The van der Waals surface area contributed by atoms with Gasteiger partial charge in [0.25, 0.3) is 5.91 Å². The molecule has 2 aliphatic rings. The maximum Gasteiger partial charge on any atom is 0.254 e. The van der Waals surface area contributed by atoms with E-state index in [-0.39, 0.29) is 5.91 Å². The molecule has 0 saturated carbocycles. The first-order valence-corrected chi connectivity index (χ1v) is 9.24. The average molecular weight is 338 g/mol. The molecule has 0 N–H and O–H groups in total. The van der Waals surface area contributed by atoms with Crippen molar-refractivity contribution in [1.29, 1.82) is 0 Å². The SMILES string of the molecule is Cc1cccc(C(=O)N2Cc3c(CN4CCCCC4)nn(C)c3C2)c1. The van der Waals surface area contributed by atoms with Crippen molar-refractivity contribution in [3.63, 3.8) is 0 Å². The summed E-state index contributed by atoms with van der Waals surface area (Å²) in [6.07, 6.45) is 3.91. The number of amides is 1. The zero-order chi connectivity index (χ0) is 17.4. The molecule has 3 heterocycles. The number of hydrogen-bond donors (Lipinski definition) is 0. The van der Waals surface area contributed by atoms with Crippen molar-refractivity contribution in [3.05, 3.63) is 52.3 Å². The Morgan fingerprint density at radius 1 is 1.16 bits per heavy atom. The molecular formula is C20H26N4O. The standard InChI is InChI=1S/C20H26N4O/c1-15-7-6-8-16(11-15)20(25)24-12-17-18(21-22(2)19(17)14-24)13-23-9-4-3-5-10-23/h6-8,11H,3-5,9-10,12-14H2,1-2H3. The van der Waals surface area contributed by atoms with Gasteiger partial charge in [0.1, 0.15) is 0 Å². The Labute approximate surface area is 149 Å². The average Bonchev–Trinajstić information content (AvgIpc) is 3.17. The Morgan fingerprint density at radius 2 is 1.96 bits per heavy atom. The molecule has 5 heteroatoms. The van der Waals surface area contributed by atoms with E-state index in [4.69, 9.17) is 5.10 Å². The second-order valence-corrected chi connectivity index (χ2v) is 7.36. The number of likely N-dealkylation sites (tertiary alicyclic amines) is 1. The maximum absolute atomic E-state index is 12.9. The lowest BCUT2D eigenvalue weighted by Gasteiger charge is -2.26. The highest BCUT2D eigenvalue weighted by atomic mass is 16.2. The minimum Gasteiger partial charge on any atom is -0.328 e. The fourth-order valence-corrected chi connectivity index (χ4v) is 4.03. The van der Waals surface area contributed by atoms with Crippen LogP contribution in [0.5, 0.6) is 0 Å². The van der Waals surface area contributed by atoms with Crippen molar-refractivity contribution in [2.75, 3.05) is 13.1 Å². The molecule has 1 fully saturated rings. The van der Waals surface area contributed by atoms with Crippen LogP contribution in [0.25, 0.3) is 0 Å². The number of carbonyl (C=O) groups is 1. The van der Waals surface area contributed by atoms with Gasteiger partial charge in [0, 0.05) is 24.7 Å². The molecule has 1 amide bonds. The molecule has 1 aromatic heterocycles. The molecule has 25 heavy (non-hydrogen) atoms. The second kappa shape index (κ2) is 6.64. The van der Waals surface area contributed by atoms with Crippen molar-refractivity contribution in [1.82, 2.24) is 19.6 Å². The van der Waals surface area contributed by atoms with Crippen LogP contribution in [0.4, 0.5) is 0 Å². The van der Waals surface area contributed by atoms with Crippen LogP contribution >= 0.6 is 0 Å². The number of aromatic nitrogens is 2. The van der Waals surface area contributed by atoms with Crippen LogP contribution in [-0.4, -0.2) is 38.6 Å². The van der Waals surface area contributed by atoms with E-state index in [9.17, 15) is 4.79 Å². The molecule has 1 aromatic carbocycles. The van der Waals surface area contributed by atoms with Crippen LogP contribution in [0.3, 0.4) is 0 Å². The lowest BCUT2D eigenvalue weighted by Crippen LogP contribution is -2.30. The molecule has 0 bridgehead atoms. The van der Waals surface area contributed by atoms with Gasteiger partial charge in [0.05, 0.1) is 24.5 Å². The summed E-state index contributed by atoms with van der Waals surface area (Å²) in [7, 11) is 2.00. The van der Waals surface area contributed by atoms with E-state index in [1.165, 1.54) is 30.5 Å². The fourth-order valence-electron chi connectivity index (χ4n) is 4.03. The quantitative estimate of drug-likeness (QED) is 0.864. The number of fused-ring (bicyclic) bond motifs is 1. The van der Waals surface area contributed by atoms with E-state index in [2.05, 4.69) is 4.90 Å². The Bertz CT molecular complexity index is 789. The molecule has 4 rings (SSSR count). The molecule has 0 atom stereocenters. The Balaban J connectivity index is 1.52. The minimum absolute atomic E-state index is 0.115. The highest BCUT2D eigenvalue weighted by Gasteiger charge is 2.30. The van der Waals surface area contributed by atoms with Crippen molar-refractivity contribution in [3.8, 4) is 0 Å². The first-order chi connectivity index (χ1) is 12.1. The Kier molecular flexibility index (Phi) is 4.34. The minimum atomic E-state index is 0.115. The Morgan fingerprint density at radius 3 is 2.72 bits per heavy atom. The van der Waals surface area contributed by atoms with E-state index >= 15 is 0 Å². The number of nitrogens with zero attached hydrogens (tertiary/aromatic N) is 4. The summed E-state index contributed by atoms with van der Waals surface area (Å²) < 4.78 is 1.97. The van der Waals surface area contributed by atoms with Crippen LogP contribution in [0.15, 0.2) is 24.3 Å². The zero-order valence-corrected chi connectivity index (χ0v) is 15.2. The van der Waals surface area contributed by atoms with Gasteiger partial charge in [0.2, 0.25) is 0 Å². The summed E-state index contributed by atoms with van der Waals surface area (Å²) in [5.74, 6) is 0.115. The highest BCUT2D eigenvalue weighted by Crippen LogP contribution is 2.28. The summed E-state index contributed by atoms with van der Waals surface area (Å²) in [5.41, 5.74) is 5.49. The van der Waals surface area contributed by atoms with Gasteiger partial charge in [-0.1, -0.05) is 24.1 Å². The molecule has 2 aromatic rings. The maximum atomic E-state index is 12.9. The number of hydrogen-bond acceptors (Lipinski definition) is 3. The third-order valence-corrected chi connectivity index (χ3v) is 5.42. The molecular weight excluding hydrogens is 312 g/mol. The summed E-state index contributed by atoms with van der Waals surface area (Å²) in [4.78, 5) is 17.3. The van der Waals surface area contributed by atoms with Gasteiger partial charge >= 0.3 is 0 Å². The van der Waals surface area contributed by atoms with Gasteiger partial charge < -0.3 is 4.90 Å². The molecule has 0 aliphatic carbocycles. The molecule has 2 aliphatic heterocycles. The van der Waals surface area contributed by atoms with E-state index in [0.717, 1.165) is 36.5 Å². The number of carbonyl (C=O) groups excluding carboxylic acids is 1. The molecule has 0 spiro atoms. The van der Waals surface area contributed by atoms with Crippen LogP contribution in [0.2, 0.25) is 0 Å². The van der Waals surface area contributed by atoms with Gasteiger partial charge in [0.15, 0.2) is 0 Å². The smallest absolute Gasteiger partial charge is 0.254 e. The van der Waals surface area contributed by atoms with Crippen LogP contribution in [0.1, 0.15) is 52.1 Å². The molecule has 1 saturated heterocycles. The summed E-state index contributed by atoms with van der Waals surface area (Å²) in [6, 6.07) is 7.86. The predicted octanol–water partition coefficient (Wildman–Crippen LogP) is 2.87. The molecule has 0 unspecified atom stereocenters. The molecule has 132 valence electrons. The third-order valence-electron chi connectivity index (χ3n) is 5.42. The number of benzene rings is 1. The van der Waals surface area contributed by atoms with Crippen LogP contribution < -0.4 is 0 Å². The first kappa shape index (κ1) is 16.3. The molecule has 0 radical (unpaired) electrons. The highest BCUT2D eigenvalue weighted by molar-refractivity contribution is 5.94. The molecule has 5 nitrogen and oxygen atoms in total. The van der Waals surface area contributed by atoms with E-state index in [0.29, 0.717) is 13.1 Å². The fraction of sp³-hybridized carbons (Fsp3) is 0.500. The van der Waals surface area contributed by atoms with Crippen LogP contribution in [0, 0.1) is 6.92 Å². The van der Waals surface area contributed by atoms with Gasteiger partial charge in [-0.15, -0.1) is 0 Å². The van der Waals surface area contributed by atoms with Gasteiger partial charge in [-0.3, -0.25) is 14.4 Å². The van der Waals surface area contributed by atoms with E-state index in [1.807, 2.05) is 47.8 Å². The lowest BCUT2D eigenvalue weighted by molar-refractivity contribution is 0.0747. The van der Waals surface area contributed by atoms with Crippen molar-refractivity contribution in [2.45, 2.75) is 45.8 Å². The van der Waals surface area contributed by atoms with Gasteiger partial charge in [-0.05, 0) is 45.0 Å². The van der Waals surface area contributed by atoms with Crippen LogP contribution in [-0.2, 0) is 26.7 Å². The Hall–Kier alpha value is -2.14. The number of aryl methyl sites for hydroxylation is 2. The lowest BCUT2D eigenvalue weighted by atomic mass is 10.1. The predicted molar refractivity (Wildman–Crippen MR) is 97.1 cm³/mol. The first-order valence-electron chi connectivity index (χ1n) is 9.24. The second-order valence-electron chi connectivity index (χ2n) is 7.36. The van der Waals surface area contributed by atoms with E-state index < -0.39 is 0 Å². The van der Waals surface area contributed by atoms with E-state index in [1.54, 1.807) is 0 Å². The van der Waals surface area contributed by atoms with Crippen molar-refractivity contribution < 1.29 is 4.79 Å². The zero-order valence-electron chi connectivity index (χ0n) is 15.2. The summed E-state index contributed by atoms with van der Waals surface area (Å²) in [6.45, 7) is 6.60. The number of rotatable bonds is 3. The summed E-state index contributed by atoms with van der Waals surface area (Å²) in [5, 5.41) is 4.74. The third kappa shape index (κ3) is 3.21. The van der Waals surface area contributed by atoms with Crippen molar-refractivity contribution >= 4 is 5.91 Å². The number of piperidine rings is 1. The topological polar surface area (TPSA) is 41.4 Å². The monoisotopic (exact) mass is 338 g/mol. The normalized spacial score (nSPS) is 17.8. The van der Waals surface area contributed by atoms with Crippen molar-refractivity contribution in [2.24, 2.45) is 7.05 Å².